The molecule has 4 heteroatoms. The van der Waals surface area contributed by atoms with Gasteiger partial charge in [-0.25, -0.2) is 0 Å². The van der Waals surface area contributed by atoms with Crippen LogP contribution in [0.3, 0.4) is 0 Å². The maximum absolute atomic E-state index is 9.41. The summed E-state index contributed by atoms with van der Waals surface area (Å²) in [6, 6.07) is 0. The van der Waals surface area contributed by atoms with E-state index in [-0.39, 0.29) is 6.10 Å². The summed E-state index contributed by atoms with van der Waals surface area (Å²) in [6.45, 7) is 3.99. The van der Waals surface area contributed by atoms with E-state index in [1.807, 2.05) is 13.1 Å². The molecular weight excluding hydrogens is 202 g/mol. The van der Waals surface area contributed by atoms with Gasteiger partial charge in [-0.15, -0.1) is 0 Å². The zero-order valence-corrected chi connectivity index (χ0v) is 9.87. The van der Waals surface area contributed by atoms with Crippen LogP contribution < -0.4 is 5.32 Å². The van der Waals surface area contributed by atoms with Crippen molar-refractivity contribution >= 4 is 0 Å². The maximum atomic E-state index is 9.41. The molecule has 1 aromatic rings. The Morgan fingerprint density at radius 3 is 2.81 bits per heavy atom. The lowest BCUT2D eigenvalue weighted by Gasteiger charge is -2.25. The number of aryl methyl sites for hydroxylation is 1. The van der Waals surface area contributed by atoms with Crippen LogP contribution in [0.4, 0.5) is 0 Å². The molecule has 1 saturated carbocycles. The Morgan fingerprint density at radius 1 is 1.44 bits per heavy atom. The quantitative estimate of drug-likeness (QED) is 0.722. The van der Waals surface area contributed by atoms with Crippen LogP contribution in [0.5, 0.6) is 0 Å². The number of H-pyrrole nitrogens is 1. The fourth-order valence-corrected chi connectivity index (χ4v) is 2.31. The molecule has 0 aromatic carbocycles. The molecular formula is C12H21N3O. The van der Waals surface area contributed by atoms with E-state index >= 15 is 0 Å². The van der Waals surface area contributed by atoms with E-state index in [0.717, 1.165) is 50.4 Å². The minimum absolute atomic E-state index is 0.0487. The third-order valence-electron chi connectivity index (χ3n) is 3.50. The molecule has 1 fully saturated rings. The first kappa shape index (κ1) is 11.6. The van der Waals surface area contributed by atoms with Gasteiger partial charge in [0, 0.05) is 17.8 Å². The number of rotatable bonds is 4. The van der Waals surface area contributed by atoms with Gasteiger partial charge in [0.1, 0.15) is 0 Å². The largest absolute Gasteiger partial charge is 0.393 e. The number of aromatic amines is 1. The van der Waals surface area contributed by atoms with Crippen LogP contribution in [0.15, 0.2) is 6.20 Å². The zero-order chi connectivity index (χ0) is 11.4. The number of aliphatic hydroxyl groups is 1. The summed E-state index contributed by atoms with van der Waals surface area (Å²) in [4.78, 5) is 0. The number of nitrogens with zero attached hydrogens (tertiary/aromatic N) is 1. The highest BCUT2D eigenvalue weighted by atomic mass is 16.3. The molecule has 16 heavy (non-hydrogen) atoms. The lowest BCUT2D eigenvalue weighted by Crippen LogP contribution is -2.27. The number of hydrogen-bond acceptors (Lipinski definition) is 3. The summed E-state index contributed by atoms with van der Waals surface area (Å²) in [5, 5.41) is 19.8. The highest BCUT2D eigenvalue weighted by molar-refractivity contribution is 5.13. The van der Waals surface area contributed by atoms with Gasteiger partial charge in [-0.1, -0.05) is 0 Å². The molecule has 0 unspecified atom stereocenters. The molecule has 0 spiro atoms. The van der Waals surface area contributed by atoms with Gasteiger partial charge in [0.25, 0.3) is 0 Å². The molecule has 0 saturated heterocycles. The summed E-state index contributed by atoms with van der Waals surface area (Å²) >= 11 is 0. The molecule has 0 amide bonds. The van der Waals surface area contributed by atoms with Crippen molar-refractivity contribution in [1.82, 2.24) is 15.5 Å². The van der Waals surface area contributed by atoms with Gasteiger partial charge in [-0.2, -0.15) is 5.10 Å². The smallest absolute Gasteiger partial charge is 0.0540 e. The standard InChI is InChI=1S/C12H21N3O/c1-9-11(8-14-15-9)7-13-6-10-2-4-12(16)5-3-10/h8,10,12-13,16H,2-7H2,1H3,(H,14,15). The summed E-state index contributed by atoms with van der Waals surface area (Å²) in [7, 11) is 0. The normalized spacial score (nSPS) is 25.9. The van der Waals surface area contributed by atoms with Gasteiger partial charge < -0.3 is 10.4 Å². The fraction of sp³-hybridized carbons (Fsp3) is 0.750. The van der Waals surface area contributed by atoms with E-state index in [9.17, 15) is 5.11 Å². The molecule has 1 aromatic heterocycles. The lowest BCUT2D eigenvalue weighted by atomic mass is 9.87. The Hall–Kier alpha value is -0.870. The average Bonchev–Trinajstić information content (AvgIpc) is 2.68. The first-order chi connectivity index (χ1) is 7.75. The minimum atomic E-state index is -0.0487. The van der Waals surface area contributed by atoms with Crippen LogP contribution in [0.2, 0.25) is 0 Å². The first-order valence-electron chi connectivity index (χ1n) is 6.13. The second-order valence-electron chi connectivity index (χ2n) is 4.83. The monoisotopic (exact) mass is 223 g/mol. The van der Waals surface area contributed by atoms with Gasteiger partial charge in [-0.05, 0) is 45.1 Å². The summed E-state index contributed by atoms with van der Waals surface area (Å²) < 4.78 is 0. The molecule has 90 valence electrons. The predicted molar refractivity (Wildman–Crippen MR) is 63.0 cm³/mol. The molecule has 1 heterocycles. The molecule has 0 radical (unpaired) electrons. The molecule has 1 aliphatic rings. The Balaban J connectivity index is 1.67. The van der Waals surface area contributed by atoms with Crippen molar-refractivity contribution in [2.45, 2.75) is 45.3 Å². The first-order valence-corrected chi connectivity index (χ1v) is 6.13. The second kappa shape index (κ2) is 5.46. The van der Waals surface area contributed by atoms with Gasteiger partial charge in [0.2, 0.25) is 0 Å². The van der Waals surface area contributed by atoms with Crippen LogP contribution in [-0.2, 0) is 6.54 Å². The molecule has 4 nitrogen and oxygen atoms in total. The van der Waals surface area contributed by atoms with Crippen molar-refractivity contribution in [3.63, 3.8) is 0 Å². The Morgan fingerprint density at radius 2 is 2.19 bits per heavy atom. The van der Waals surface area contributed by atoms with E-state index in [0.29, 0.717) is 0 Å². The van der Waals surface area contributed by atoms with Crippen molar-refractivity contribution in [2.75, 3.05) is 6.54 Å². The Bertz CT molecular complexity index is 316. The highest BCUT2D eigenvalue weighted by Crippen LogP contribution is 2.23. The van der Waals surface area contributed by atoms with Crippen molar-refractivity contribution < 1.29 is 5.11 Å². The van der Waals surface area contributed by atoms with Gasteiger partial charge >= 0.3 is 0 Å². The van der Waals surface area contributed by atoms with Crippen molar-refractivity contribution in [3.05, 3.63) is 17.5 Å². The summed E-state index contributed by atoms with van der Waals surface area (Å²) in [5.41, 5.74) is 2.39. The average molecular weight is 223 g/mol. The molecule has 0 aliphatic heterocycles. The van der Waals surface area contributed by atoms with Crippen LogP contribution in [-0.4, -0.2) is 28.0 Å². The van der Waals surface area contributed by atoms with E-state index in [1.165, 1.54) is 5.56 Å². The summed E-state index contributed by atoms with van der Waals surface area (Å²) in [6.07, 6.45) is 6.07. The topological polar surface area (TPSA) is 60.9 Å². The summed E-state index contributed by atoms with van der Waals surface area (Å²) in [5.74, 6) is 0.732. The van der Waals surface area contributed by atoms with Crippen molar-refractivity contribution in [3.8, 4) is 0 Å². The van der Waals surface area contributed by atoms with Crippen LogP contribution >= 0.6 is 0 Å². The van der Waals surface area contributed by atoms with E-state index in [1.54, 1.807) is 0 Å². The molecule has 2 rings (SSSR count). The van der Waals surface area contributed by atoms with Gasteiger partial charge in [0.05, 0.1) is 12.3 Å². The minimum Gasteiger partial charge on any atom is -0.393 e. The fourth-order valence-electron chi connectivity index (χ4n) is 2.31. The Kier molecular flexibility index (Phi) is 3.96. The third-order valence-corrected chi connectivity index (χ3v) is 3.50. The van der Waals surface area contributed by atoms with Crippen LogP contribution in [0, 0.1) is 12.8 Å². The second-order valence-corrected chi connectivity index (χ2v) is 4.83. The van der Waals surface area contributed by atoms with E-state index < -0.39 is 0 Å². The van der Waals surface area contributed by atoms with Crippen LogP contribution in [0.25, 0.3) is 0 Å². The lowest BCUT2D eigenvalue weighted by molar-refractivity contribution is 0.108. The number of nitrogens with one attached hydrogen (secondary N) is 2. The SMILES string of the molecule is Cc1[nH]ncc1CNCC1CCC(O)CC1. The third kappa shape index (κ3) is 3.06. The molecule has 0 atom stereocenters. The van der Waals surface area contributed by atoms with Crippen LogP contribution in [0.1, 0.15) is 36.9 Å². The Labute approximate surface area is 96.5 Å². The number of aromatic nitrogens is 2. The number of hydrogen-bond donors (Lipinski definition) is 3. The van der Waals surface area contributed by atoms with Gasteiger partial charge in [-0.3, -0.25) is 5.10 Å². The van der Waals surface area contributed by atoms with E-state index in [2.05, 4.69) is 15.5 Å². The van der Waals surface area contributed by atoms with E-state index in [4.69, 9.17) is 0 Å². The highest BCUT2D eigenvalue weighted by Gasteiger charge is 2.18. The van der Waals surface area contributed by atoms with Crippen molar-refractivity contribution in [2.24, 2.45) is 5.92 Å². The zero-order valence-electron chi connectivity index (χ0n) is 9.87. The van der Waals surface area contributed by atoms with Crippen molar-refractivity contribution in [1.29, 1.82) is 0 Å². The van der Waals surface area contributed by atoms with Gasteiger partial charge in [0.15, 0.2) is 0 Å². The molecule has 0 bridgehead atoms. The maximum Gasteiger partial charge on any atom is 0.0540 e. The predicted octanol–water partition coefficient (Wildman–Crippen LogP) is 1.36. The number of aliphatic hydroxyl groups excluding tert-OH is 1. The molecule has 3 N–H and O–H groups in total. The molecule has 1 aliphatic carbocycles.